The van der Waals surface area contributed by atoms with Gasteiger partial charge in [0.1, 0.15) is 16.9 Å². The van der Waals surface area contributed by atoms with E-state index in [0.717, 1.165) is 11.1 Å². The number of benzene rings is 2. The molecule has 1 amide bonds. The quantitative estimate of drug-likeness (QED) is 0.213. The molecular weight excluding hydrogens is 504 g/mol. The summed E-state index contributed by atoms with van der Waals surface area (Å²) in [4.78, 5) is 49.9. The van der Waals surface area contributed by atoms with Crippen molar-refractivity contribution >= 4 is 28.6 Å². The Hall–Kier alpha value is -4.85. The number of rotatable bonds is 8. The van der Waals surface area contributed by atoms with Gasteiger partial charge in [0.05, 0.1) is 17.9 Å². The summed E-state index contributed by atoms with van der Waals surface area (Å²) in [6.45, 7) is 4.09. The van der Waals surface area contributed by atoms with Gasteiger partial charge in [-0.25, -0.2) is 9.78 Å². The van der Waals surface area contributed by atoms with Crippen LogP contribution in [0.3, 0.4) is 0 Å². The van der Waals surface area contributed by atoms with Gasteiger partial charge in [0.2, 0.25) is 0 Å². The van der Waals surface area contributed by atoms with Crippen LogP contribution in [0.1, 0.15) is 47.7 Å². The van der Waals surface area contributed by atoms with Gasteiger partial charge in [-0.1, -0.05) is 73.7 Å². The predicted octanol–water partition coefficient (Wildman–Crippen LogP) is 4.69. The van der Waals surface area contributed by atoms with Crippen LogP contribution in [0.25, 0.3) is 16.7 Å². The fraction of sp³-hybridized carbons (Fsp3) is 0.219. The molecule has 0 radical (unpaired) electrons. The van der Waals surface area contributed by atoms with Crippen LogP contribution in [0.5, 0.6) is 0 Å². The van der Waals surface area contributed by atoms with E-state index in [0.29, 0.717) is 30.7 Å². The van der Waals surface area contributed by atoms with Gasteiger partial charge in [-0.05, 0) is 49.1 Å². The Morgan fingerprint density at radius 2 is 1.65 bits per heavy atom. The molecule has 1 atom stereocenters. The number of pyridine rings is 2. The summed E-state index contributed by atoms with van der Waals surface area (Å²) in [5.74, 6) is -1.54. The molecule has 0 spiro atoms. The molecule has 2 aromatic carbocycles. The van der Waals surface area contributed by atoms with Crippen molar-refractivity contribution in [1.29, 1.82) is 0 Å². The molecule has 0 aliphatic heterocycles. The van der Waals surface area contributed by atoms with Crippen LogP contribution in [0, 0.1) is 0 Å². The zero-order valence-corrected chi connectivity index (χ0v) is 22.5. The highest BCUT2D eigenvalue weighted by atomic mass is 16.5. The van der Waals surface area contributed by atoms with Gasteiger partial charge in [0.15, 0.2) is 5.49 Å². The minimum atomic E-state index is -0.658. The van der Waals surface area contributed by atoms with Crippen LogP contribution in [-0.4, -0.2) is 32.4 Å². The maximum Gasteiger partial charge on any atom is 0.341 e. The topological polar surface area (TPSA) is 95.0 Å². The molecule has 5 aromatic rings. The summed E-state index contributed by atoms with van der Waals surface area (Å²) in [6, 6.07) is 26.0. The molecule has 202 valence electrons. The van der Waals surface area contributed by atoms with Gasteiger partial charge in [0.25, 0.3) is 11.5 Å². The first-order valence-corrected chi connectivity index (χ1v) is 13.4. The lowest BCUT2D eigenvalue weighted by Gasteiger charge is -2.16. The van der Waals surface area contributed by atoms with Crippen molar-refractivity contribution in [1.82, 2.24) is 14.0 Å². The maximum atomic E-state index is 13.7. The van der Waals surface area contributed by atoms with Crippen molar-refractivity contribution in [2.75, 3.05) is 6.61 Å². The van der Waals surface area contributed by atoms with E-state index < -0.39 is 11.9 Å². The van der Waals surface area contributed by atoms with E-state index in [1.54, 1.807) is 35.9 Å². The highest BCUT2D eigenvalue weighted by Crippen LogP contribution is 2.21. The van der Waals surface area contributed by atoms with Gasteiger partial charge >= 0.3 is 5.97 Å². The number of hydrogen-bond acceptors (Lipinski definition) is 5. The lowest BCUT2D eigenvalue weighted by molar-refractivity contribution is -0.119. The number of carbonyl (C=O) groups is 2. The number of nitrogens with zero attached hydrogens (tertiary/aromatic N) is 4. The highest BCUT2D eigenvalue weighted by Gasteiger charge is 2.23. The molecule has 0 saturated carbocycles. The molecule has 40 heavy (non-hydrogen) atoms. The van der Waals surface area contributed by atoms with Crippen LogP contribution in [0.2, 0.25) is 0 Å². The normalized spacial score (nSPS) is 12.5. The van der Waals surface area contributed by atoms with Crippen molar-refractivity contribution in [2.24, 2.45) is 4.99 Å². The number of hydrogen-bond donors (Lipinski definition) is 0. The summed E-state index contributed by atoms with van der Waals surface area (Å²) >= 11 is 0. The molecule has 8 heteroatoms. The van der Waals surface area contributed by atoms with E-state index in [2.05, 4.69) is 4.99 Å². The summed E-state index contributed by atoms with van der Waals surface area (Å²) in [5.41, 5.74) is 2.55. The van der Waals surface area contributed by atoms with Crippen LogP contribution in [0.15, 0.2) is 101 Å². The second kappa shape index (κ2) is 11.9. The van der Waals surface area contributed by atoms with Gasteiger partial charge < -0.3 is 9.30 Å². The Bertz CT molecular complexity index is 1810. The first-order chi connectivity index (χ1) is 19.5. The van der Waals surface area contributed by atoms with Crippen LogP contribution < -0.4 is 11.0 Å². The molecule has 3 heterocycles. The standard InChI is InChI=1S/C32H30N4O4/c1-3-24(23-15-9-6-10-16-23)30(37)34-29-26(32(39)40-4-2)21-25-28(33-27-17-11-12-19-35(27)31(25)38)36(29)20-18-22-13-7-5-8-14-22/h5-17,19,21,24H,3-4,18,20H2,1-2H3/t24-/m1/s1. The van der Waals surface area contributed by atoms with E-state index in [9.17, 15) is 14.4 Å². The Kier molecular flexibility index (Phi) is 7.96. The first kappa shape index (κ1) is 26.7. The van der Waals surface area contributed by atoms with Gasteiger partial charge in [-0.15, -0.1) is 0 Å². The highest BCUT2D eigenvalue weighted by molar-refractivity contribution is 5.94. The molecule has 0 N–H and O–H groups in total. The SMILES string of the molecule is CCOC(=O)c1cc2c(=O)n3ccccc3nc2n(CCc2ccccc2)c1=NC(=O)[C@H](CC)c1ccccc1. The smallest absolute Gasteiger partial charge is 0.341 e. The first-order valence-electron chi connectivity index (χ1n) is 13.4. The summed E-state index contributed by atoms with van der Waals surface area (Å²) in [5, 5.41) is 0.237. The third-order valence-corrected chi connectivity index (χ3v) is 6.88. The molecule has 0 saturated heterocycles. The van der Waals surface area contributed by atoms with E-state index >= 15 is 0 Å². The third kappa shape index (κ3) is 5.33. The zero-order valence-electron chi connectivity index (χ0n) is 22.5. The number of amides is 1. The summed E-state index contributed by atoms with van der Waals surface area (Å²) in [6.07, 6.45) is 2.73. The average Bonchev–Trinajstić information content (AvgIpc) is 2.98. The molecule has 0 unspecified atom stereocenters. The third-order valence-electron chi connectivity index (χ3n) is 6.88. The second-order valence-corrected chi connectivity index (χ2v) is 9.39. The Morgan fingerprint density at radius 1 is 0.950 bits per heavy atom. The van der Waals surface area contributed by atoms with Gasteiger partial charge in [-0.2, -0.15) is 4.99 Å². The number of esters is 1. The van der Waals surface area contributed by atoms with E-state index in [1.807, 2.05) is 67.6 Å². The number of fused-ring (bicyclic) bond motifs is 2. The van der Waals surface area contributed by atoms with E-state index in [4.69, 9.17) is 9.72 Å². The molecular formula is C32H30N4O4. The second-order valence-electron chi connectivity index (χ2n) is 9.39. The minimum absolute atomic E-state index is 0.0495. The summed E-state index contributed by atoms with van der Waals surface area (Å²) < 4.78 is 8.50. The van der Waals surface area contributed by atoms with E-state index in [1.165, 1.54) is 10.5 Å². The minimum Gasteiger partial charge on any atom is -0.462 e. The lowest BCUT2D eigenvalue weighted by atomic mass is 9.96. The van der Waals surface area contributed by atoms with Crippen LogP contribution in [0.4, 0.5) is 0 Å². The Labute approximate surface area is 231 Å². The van der Waals surface area contributed by atoms with E-state index in [-0.39, 0.29) is 34.5 Å². The molecule has 0 aliphatic carbocycles. The maximum absolute atomic E-state index is 13.7. The van der Waals surface area contributed by atoms with Gasteiger partial charge in [0, 0.05) is 12.7 Å². The Balaban J connectivity index is 1.81. The fourth-order valence-corrected chi connectivity index (χ4v) is 4.88. The number of aryl methyl sites for hydroxylation is 2. The molecule has 0 aliphatic rings. The fourth-order valence-electron chi connectivity index (χ4n) is 4.88. The van der Waals surface area contributed by atoms with Crippen molar-refractivity contribution in [3.8, 4) is 0 Å². The van der Waals surface area contributed by atoms with Crippen molar-refractivity contribution < 1.29 is 14.3 Å². The Morgan fingerprint density at radius 3 is 2.35 bits per heavy atom. The van der Waals surface area contributed by atoms with Crippen molar-refractivity contribution in [3.63, 3.8) is 0 Å². The number of ether oxygens (including phenoxy) is 1. The van der Waals surface area contributed by atoms with Crippen LogP contribution >= 0.6 is 0 Å². The average molecular weight is 535 g/mol. The molecule has 0 fully saturated rings. The zero-order chi connectivity index (χ0) is 28.1. The molecule has 0 bridgehead atoms. The number of aromatic nitrogens is 3. The molecule has 5 rings (SSSR count). The van der Waals surface area contributed by atoms with Gasteiger partial charge in [-0.3, -0.25) is 14.0 Å². The monoisotopic (exact) mass is 534 g/mol. The predicted molar refractivity (Wildman–Crippen MR) is 153 cm³/mol. The lowest BCUT2D eigenvalue weighted by Crippen LogP contribution is -2.33. The van der Waals surface area contributed by atoms with Crippen molar-refractivity contribution in [2.45, 2.75) is 39.2 Å². The number of carbonyl (C=O) groups excluding carboxylic acids is 2. The van der Waals surface area contributed by atoms with Crippen LogP contribution in [-0.2, 0) is 22.5 Å². The largest absolute Gasteiger partial charge is 0.462 e. The molecule has 8 nitrogen and oxygen atoms in total. The van der Waals surface area contributed by atoms with Crippen molar-refractivity contribution in [3.05, 3.63) is 124 Å². The molecule has 3 aromatic heterocycles. The summed E-state index contributed by atoms with van der Waals surface area (Å²) in [7, 11) is 0.